The van der Waals surface area contributed by atoms with Crippen LogP contribution in [-0.4, -0.2) is 41.6 Å². The quantitative estimate of drug-likeness (QED) is 0.695. The highest BCUT2D eigenvalue weighted by Gasteiger charge is 2.39. The monoisotopic (exact) mass is 373 g/mol. The number of aliphatic hydroxyl groups excluding tert-OH is 1. The molecule has 0 aromatic heterocycles. The Kier molecular flexibility index (Phi) is 4.67. The summed E-state index contributed by atoms with van der Waals surface area (Å²) >= 11 is 0. The molecule has 1 heterocycles. The van der Waals surface area contributed by atoms with Crippen molar-refractivity contribution in [3.05, 3.63) is 83.4 Å². The number of rotatable bonds is 5. The highest BCUT2D eigenvalue weighted by Crippen LogP contribution is 2.29. The maximum Gasteiger partial charge on any atom is 0.262 e. The van der Waals surface area contributed by atoms with Gasteiger partial charge in [0, 0.05) is 0 Å². The Morgan fingerprint density at radius 1 is 0.964 bits per heavy atom. The van der Waals surface area contributed by atoms with Crippen molar-refractivity contribution in [2.24, 2.45) is 0 Å². The van der Waals surface area contributed by atoms with E-state index in [-0.39, 0.29) is 18.4 Å². The molecule has 1 aliphatic heterocycles. The fraction of sp³-hybridized carbons (Fsp3) is 0.130. The van der Waals surface area contributed by atoms with Crippen molar-refractivity contribution in [2.45, 2.75) is 6.04 Å². The van der Waals surface area contributed by atoms with Gasteiger partial charge in [0.1, 0.15) is 5.75 Å². The lowest BCUT2D eigenvalue weighted by atomic mass is 10.0. The van der Waals surface area contributed by atoms with Crippen LogP contribution in [0.25, 0.3) is 16.8 Å². The summed E-state index contributed by atoms with van der Waals surface area (Å²) in [6.07, 6.45) is 3.45. The SMILES string of the molecule is COc1ccc(/C=C/[C@@H](CO)N2C(=O)c3cc4ccccc4cc3C2=O)cc1. The topological polar surface area (TPSA) is 66.8 Å². The zero-order valence-corrected chi connectivity index (χ0v) is 15.3. The van der Waals surface area contributed by atoms with Crippen LogP contribution in [0.5, 0.6) is 5.75 Å². The fourth-order valence-corrected chi connectivity index (χ4v) is 3.41. The molecular formula is C23H19NO4. The molecule has 1 atom stereocenters. The van der Waals surface area contributed by atoms with E-state index < -0.39 is 6.04 Å². The van der Waals surface area contributed by atoms with Crippen LogP contribution in [0.4, 0.5) is 0 Å². The molecule has 4 rings (SSSR count). The number of hydrogen-bond donors (Lipinski definition) is 1. The molecule has 0 saturated carbocycles. The predicted molar refractivity (Wildman–Crippen MR) is 107 cm³/mol. The summed E-state index contributed by atoms with van der Waals surface area (Å²) in [6, 6.07) is 17.7. The van der Waals surface area contributed by atoms with Gasteiger partial charge in [0.05, 0.1) is 30.9 Å². The lowest BCUT2D eigenvalue weighted by Crippen LogP contribution is -2.40. The van der Waals surface area contributed by atoms with E-state index in [0.29, 0.717) is 11.1 Å². The molecule has 0 bridgehead atoms. The third-order valence-corrected chi connectivity index (χ3v) is 4.93. The predicted octanol–water partition coefficient (Wildman–Crippen LogP) is 3.52. The van der Waals surface area contributed by atoms with Crippen molar-refractivity contribution in [1.82, 2.24) is 4.90 Å². The molecule has 5 heteroatoms. The van der Waals surface area contributed by atoms with E-state index in [9.17, 15) is 14.7 Å². The van der Waals surface area contributed by atoms with Crippen LogP contribution in [-0.2, 0) is 0 Å². The van der Waals surface area contributed by atoms with Crippen LogP contribution in [0.3, 0.4) is 0 Å². The number of nitrogens with zero attached hydrogens (tertiary/aromatic N) is 1. The molecule has 0 unspecified atom stereocenters. The first kappa shape index (κ1) is 17.9. The Morgan fingerprint density at radius 2 is 1.54 bits per heavy atom. The molecule has 0 fully saturated rings. The molecule has 0 aliphatic carbocycles. The van der Waals surface area contributed by atoms with Crippen molar-refractivity contribution < 1.29 is 19.4 Å². The molecular weight excluding hydrogens is 354 g/mol. The van der Waals surface area contributed by atoms with E-state index in [1.807, 2.05) is 48.5 Å². The first-order valence-electron chi connectivity index (χ1n) is 8.96. The second-order valence-corrected chi connectivity index (χ2v) is 6.61. The largest absolute Gasteiger partial charge is 0.497 e. The standard InChI is InChI=1S/C23H19NO4/c1-28-19-10-7-15(8-11-19)6-9-18(14-25)24-22(26)20-12-16-4-2-3-5-17(16)13-21(20)23(24)27/h2-13,18,25H,14H2,1H3/b9-6+/t18-/m0/s1. The molecule has 140 valence electrons. The van der Waals surface area contributed by atoms with Crippen molar-refractivity contribution in [2.75, 3.05) is 13.7 Å². The second-order valence-electron chi connectivity index (χ2n) is 6.61. The van der Waals surface area contributed by atoms with E-state index in [1.165, 1.54) is 0 Å². The molecule has 1 aliphatic rings. The van der Waals surface area contributed by atoms with Crippen LogP contribution >= 0.6 is 0 Å². The fourth-order valence-electron chi connectivity index (χ4n) is 3.41. The highest BCUT2D eigenvalue weighted by atomic mass is 16.5. The molecule has 0 spiro atoms. The molecule has 0 saturated heterocycles. The number of ether oxygens (including phenoxy) is 1. The van der Waals surface area contributed by atoms with Crippen LogP contribution in [0.2, 0.25) is 0 Å². The number of amides is 2. The summed E-state index contributed by atoms with van der Waals surface area (Å²) in [7, 11) is 1.60. The number of fused-ring (bicyclic) bond motifs is 2. The van der Waals surface area contributed by atoms with E-state index in [0.717, 1.165) is 27.0 Å². The Labute approximate surface area is 162 Å². The highest BCUT2D eigenvalue weighted by molar-refractivity contribution is 6.23. The van der Waals surface area contributed by atoms with Gasteiger partial charge >= 0.3 is 0 Å². The summed E-state index contributed by atoms with van der Waals surface area (Å²) in [5, 5.41) is 11.6. The summed E-state index contributed by atoms with van der Waals surface area (Å²) in [5.74, 6) is -0.0309. The Balaban J connectivity index is 1.64. The van der Waals surface area contributed by atoms with Gasteiger partial charge in [0.15, 0.2) is 0 Å². The summed E-state index contributed by atoms with van der Waals surface area (Å²) in [5.41, 5.74) is 1.63. The van der Waals surface area contributed by atoms with Gasteiger partial charge in [0.25, 0.3) is 11.8 Å². The lowest BCUT2D eigenvalue weighted by molar-refractivity contribution is 0.0565. The van der Waals surface area contributed by atoms with Crippen LogP contribution < -0.4 is 4.74 Å². The Bertz CT molecular complexity index is 1030. The van der Waals surface area contributed by atoms with Gasteiger partial charge in [-0.2, -0.15) is 0 Å². The smallest absolute Gasteiger partial charge is 0.262 e. The average Bonchev–Trinajstić information content (AvgIpc) is 2.98. The lowest BCUT2D eigenvalue weighted by Gasteiger charge is -2.21. The first-order valence-corrected chi connectivity index (χ1v) is 8.96. The summed E-state index contributed by atoms with van der Waals surface area (Å²) in [6.45, 7) is -0.350. The van der Waals surface area contributed by atoms with Crippen molar-refractivity contribution >= 4 is 28.7 Å². The van der Waals surface area contributed by atoms with Gasteiger partial charge in [-0.3, -0.25) is 14.5 Å². The minimum Gasteiger partial charge on any atom is -0.497 e. The van der Waals surface area contributed by atoms with Crippen molar-refractivity contribution in [3.8, 4) is 5.75 Å². The summed E-state index contributed by atoms with van der Waals surface area (Å²) < 4.78 is 5.13. The Hall–Kier alpha value is -3.44. The van der Waals surface area contributed by atoms with Gasteiger partial charge in [-0.15, -0.1) is 0 Å². The number of hydrogen-bond acceptors (Lipinski definition) is 4. The van der Waals surface area contributed by atoms with E-state index in [4.69, 9.17) is 4.74 Å². The molecule has 3 aromatic rings. The van der Waals surface area contributed by atoms with Gasteiger partial charge in [-0.05, 0) is 40.6 Å². The van der Waals surface area contributed by atoms with E-state index in [2.05, 4.69) is 0 Å². The van der Waals surface area contributed by atoms with Crippen molar-refractivity contribution in [1.29, 1.82) is 0 Å². The minimum absolute atomic E-state index is 0.350. The Morgan fingerprint density at radius 3 is 2.04 bits per heavy atom. The van der Waals surface area contributed by atoms with E-state index in [1.54, 1.807) is 31.4 Å². The van der Waals surface area contributed by atoms with Crippen LogP contribution in [0, 0.1) is 0 Å². The maximum atomic E-state index is 12.9. The minimum atomic E-state index is -0.738. The normalized spacial score (nSPS) is 14.7. The summed E-state index contributed by atoms with van der Waals surface area (Å²) in [4.78, 5) is 26.9. The molecule has 3 aromatic carbocycles. The van der Waals surface area contributed by atoms with Gasteiger partial charge < -0.3 is 9.84 Å². The number of aliphatic hydroxyl groups is 1. The van der Waals surface area contributed by atoms with Crippen LogP contribution in [0.1, 0.15) is 26.3 Å². The third kappa shape index (κ3) is 3.06. The first-order chi connectivity index (χ1) is 13.6. The molecule has 28 heavy (non-hydrogen) atoms. The number of methoxy groups -OCH3 is 1. The van der Waals surface area contributed by atoms with Gasteiger partial charge in [-0.1, -0.05) is 48.6 Å². The number of carbonyl (C=O) groups is 2. The van der Waals surface area contributed by atoms with Gasteiger partial charge in [0.2, 0.25) is 0 Å². The number of carbonyl (C=O) groups excluding carboxylic acids is 2. The molecule has 0 radical (unpaired) electrons. The molecule has 2 amide bonds. The van der Waals surface area contributed by atoms with E-state index >= 15 is 0 Å². The maximum absolute atomic E-state index is 12.9. The van der Waals surface area contributed by atoms with Crippen molar-refractivity contribution in [3.63, 3.8) is 0 Å². The molecule has 5 nitrogen and oxygen atoms in total. The second kappa shape index (κ2) is 7.29. The van der Waals surface area contributed by atoms with Crippen LogP contribution in [0.15, 0.2) is 66.7 Å². The number of benzene rings is 3. The third-order valence-electron chi connectivity index (χ3n) is 4.93. The average molecular weight is 373 g/mol. The zero-order chi connectivity index (χ0) is 19.7. The zero-order valence-electron chi connectivity index (χ0n) is 15.3. The number of imide groups is 1. The molecule has 1 N–H and O–H groups in total. The van der Waals surface area contributed by atoms with Gasteiger partial charge in [-0.25, -0.2) is 0 Å².